The highest BCUT2D eigenvalue weighted by molar-refractivity contribution is 9.10. The van der Waals surface area contributed by atoms with E-state index in [4.69, 9.17) is 6.42 Å². The van der Waals surface area contributed by atoms with Crippen molar-refractivity contribution in [3.63, 3.8) is 0 Å². The summed E-state index contributed by atoms with van der Waals surface area (Å²) in [7, 11) is 0. The van der Waals surface area contributed by atoms with Crippen LogP contribution in [0.5, 0.6) is 0 Å². The lowest BCUT2D eigenvalue weighted by Crippen LogP contribution is -2.45. The third-order valence-corrected chi connectivity index (χ3v) is 6.26. The first-order valence-electron chi connectivity index (χ1n) is 9.59. The van der Waals surface area contributed by atoms with Crippen LogP contribution in [0.2, 0.25) is 0 Å². The zero-order valence-electron chi connectivity index (χ0n) is 16.5. The van der Waals surface area contributed by atoms with E-state index >= 15 is 8.78 Å². The van der Waals surface area contributed by atoms with Gasteiger partial charge in [0.15, 0.2) is 5.82 Å². The van der Waals surface area contributed by atoms with E-state index in [1.807, 2.05) is 0 Å². The second-order valence-corrected chi connectivity index (χ2v) is 8.64. The van der Waals surface area contributed by atoms with E-state index in [0.717, 1.165) is 4.68 Å². The Morgan fingerprint density at radius 3 is 2.90 bits per heavy atom. The summed E-state index contributed by atoms with van der Waals surface area (Å²) in [5.74, 6) is -1.81. The van der Waals surface area contributed by atoms with Gasteiger partial charge in [-0.25, -0.2) is 14.2 Å². The lowest BCUT2D eigenvalue weighted by molar-refractivity contribution is -0.0301. The zero-order chi connectivity index (χ0) is 22.6. The summed E-state index contributed by atoms with van der Waals surface area (Å²) >= 11 is 2.96. The molecule has 2 aliphatic rings. The normalized spacial score (nSPS) is 24.5. The third-order valence-electron chi connectivity index (χ3n) is 5.71. The number of fused-ring (bicyclic) bond motifs is 3. The summed E-state index contributed by atoms with van der Waals surface area (Å²) in [4.78, 5) is 17.9. The van der Waals surface area contributed by atoms with Crippen LogP contribution in [0.15, 0.2) is 16.9 Å². The van der Waals surface area contributed by atoms with Gasteiger partial charge in [0.25, 0.3) is 5.92 Å². The lowest BCUT2D eigenvalue weighted by atomic mass is 9.94. The molecule has 0 radical (unpaired) electrons. The summed E-state index contributed by atoms with van der Waals surface area (Å²) in [6.07, 6.45) is 6.02. The van der Waals surface area contributed by atoms with Gasteiger partial charge in [-0.05, 0) is 35.3 Å². The molecular weight excluding hydrogens is 479 g/mol. The molecule has 0 aliphatic carbocycles. The van der Waals surface area contributed by atoms with Crippen LogP contribution in [0.3, 0.4) is 0 Å². The van der Waals surface area contributed by atoms with Crippen molar-refractivity contribution in [3.8, 4) is 12.3 Å². The zero-order valence-corrected chi connectivity index (χ0v) is 18.1. The highest BCUT2D eigenvalue weighted by atomic mass is 79.9. The summed E-state index contributed by atoms with van der Waals surface area (Å²) in [6, 6.07) is 0.297. The fraction of sp³-hybridized carbons (Fsp3) is 0.450. The summed E-state index contributed by atoms with van der Waals surface area (Å²) in [5.41, 5.74) is -1.47. The van der Waals surface area contributed by atoms with E-state index in [0.29, 0.717) is 5.69 Å². The Balaban J connectivity index is 1.67. The maximum atomic E-state index is 15.0. The number of anilines is 1. The summed E-state index contributed by atoms with van der Waals surface area (Å²) in [5, 5.41) is 17.2. The van der Waals surface area contributed by atoms with E-state index < -0.39 is 29.8 Å². The molecule has 164 valence electrons. The maximum Gasteiger partial charge on any atom is 0.322 e. The van der Waals surface area contributed by atoms with Gasteiger partial charge in [0.2, 0.25) is 0 Å². The first-order valence-corrected chi connectivity index (χ1v) is 10.4. The van der Waals surface area contributed by atoms with Crippen LogP contribution in [0.4, 0.5) is 23.7 Å². The fourth-order valence-electron chi connectivity index (χ4n) is 4.02. The molecule has 0 saturated heterocycles. The number of aliphatic hydroxyl groups is 1. The van der Waals surface area contributed by atoms with E-state index in [9.17, 15) is 14.3 Å². The van der Waals surface area contributed by atoms with Crippen molar-refractivity contribution in [2.75, 3.05) is 5.32 Å². The lowest BCUT2D eigenvalue weighted by Gasteiger charge is -2.33. The molecule has 4 rings (SSSR count). The number of carbonyl (C=O) groups excluding carboxylic acids is 1. The molecule has 2 aliphatic heterocycles. The molecule has 0 saturated carbocycles. The van der Waals surface area contributed by atoms with Crippen LogP contribution in [0.25, 0.3) is 0 Å². The molecule has 0 fully saturated rings. The summed E-state index contributed by atoms with van der Waals surface area (Å²) in [6.45, 7) is 1.37. The van der Waals surface area contributed by atoms with Crippen LogP contribution in [-0.2, 0) is 25.4 Å². The number of hydrogen-bond acceptors (Lipinski definition) is 4. The van der Waals surface area contributed by atoms with Crippen molar-refractivity contribution in [2.24, 2.45) is 0 Å². The molecular formula is C20H19BrF3N5O2. The minimum atomic E-state index is -3.27. The van der Waals surface area contributed by atoms with Crippen molar-refractivity contribution in [1.82, 2.24) is 19.7 Å². The number of nitrogens with zero attached hydrogens (tertiary/aromatic N) is 4. The van der Waals surface area contributed by atoms with E-state index in [2.05, 4.69) is 37.2 Å². The van der Waals surface area contributed by atoms with Crippen LogP contribution < -0.4 is 5.32 Å². The number of amides is 2. The Morgan fingerprint density at radius 1 is 1.45 bits per heavy atom. The molecule has 0 aromatic carbocycles. The van der Waals surface area contributed by atoms with Gasteiger partial charge in [0, 0.05) is 30.6 Å². The number of hydrogen-bond donors (Lipinski definition) is 2. The van der Waals surface area contributed by atoms with Crippen molar-refractivity contribution >= 4 is 27.6 Å². The Hall–Kier alpha value is -2.58. The largest absolute Gasteiger partial charge is 0.376 e. The molecule has 0 spiro atoms. The van der Waals surface area contributed by atoms with Crippen LogP contribution in [0.1, 0.15) is 36.7 Å². The van der Waals surface area contributed by atoms with Crippen LogP contribution >= 0.6 is 15.9 Å². The quantitative estimate of drug-likeness (QED) is 0.467. The fourth-order valence-corrected chi connectivity index (χ4v) is 4.35. The highest BCUT2D eigenvalue weighted by Gasteiger charge is 2.47. The standard InChI is InChI=1S/C20H19BrF3N5O2/c1-3-19(31)5-6-20(23,24)16-12-9-28(11(2)8-14(12)27-29(16)10-19)18(30)26-13-4-7-25-17(21)15(13)22/h1,4,7,11,31H,5-6,8-10H2,2H3,(H,25,26,30)/t11-,19?/m1/s1. The minimum absolute atomic E-state index is 0.0538. The average Bonchev–Trinajstić information content (AvgIpc) is 3.01. The van der Waals surface area contributed by atoms with E-state index in [1.54, 1.807) is 6.92 Å². The maximum absolute atomic E-state index is 15.0. The minimum Gasteiger partial charge on any atom is -0.376 e. The van der Waals surface area contributed by atoms with Crippen molar-refractivity contribution in [3.05, 3.63) is 39.6 Å². The number of terminal acetylenes is 1. The molecule has 2 N–H and O–H groups in total. The molecule has 2 aromatic heterocycles. The van der Waals surface area contributed by atoms with Gasteiger partial charge in [0.05, 0.1) is 24.5 Å². The van der Waals surface area contributed by atoms with Crippen molar-refractivity contribution in [1.29, 1.82) is 0 Å². The smallest absolute Gasteiger partial charge is 0.322 e. The predicted octanol–water partition coefficient (Wildman–Crippen LogP) is 3.41. The Bertz CT molecular complexity index is 1100. The molecule has 2 atom stereocenters. The Labute approximate surface area is 184 Å². The highest BCUT2D eigenvalue weighted by Crippen LogP contribution is 2.43. The molecule has 31 heavy (non-hydrogen) atoms. The molecule has 11 heteroatoms. The molecule has 0 bridgehead atoms. The molecule has 2 aromatic rings. The molecule has 2 amide bonds. The Kier molecular flexibility index (Phi) is 5.26. The van der Waals surface area contributed by atoms with Gasteiger partial charge in [-0.3, -0.25) is 4.68 Å². The number of rotatable bonds is 1. The second kappa shape index (κ2) is 7.53. The topological polar surface area (TPSA) is 83.3 Å². The number of halogens is 4. The number of pyridine rings is 1. The van der Waals surface area contributed by atoms with Crippen molar-refractivity contribution in [2.45, 2.75) is 56.8 Å². The SMILES string of the molecule is C#CC1(O)CCC(F)(F)c2c3c(nn2C1)C[C@@H](C)N(C(=O)Nc1ccnc(Br)c1F)C3. The average molecular weight is 498 g/mol. The van der Waals surface area contributed by atoms with E-state index in [1.165, 1.54) is 17.2 Å². The molecule has 7 nitrogen and oxygen atoms in total. The van der Waals surface area contributed by atoms with Gasteiger partial charge >= 0.3 is 6.03 Å². The molecule has 4 heterocycles. The number of urea groups is 1. The van der Waals surface area contributed by atoms with E-state index in [-0.39, 0.29) is 53.5 Å². The third kappa shape index (κ3) is 3.78. The van der Waals surface area contributed by atoms with Gasteiger partial charge in [0.1, 0.15) is 15.9 Å². The molecule has 1 unspecified atom stereocenters. The number of alkyl halides is 2. The predicted molar refractivity (Wildman–Crippen MR) is 109 cm³/mol. The van der Waals surface area contributed by atoms with Gasteiger partial charge in [-0.2, -0.15) is 13.9 Å². The second-order valence-electron chi connectivity index (χ2n) is 7.89. The van der Waals surface area contributed by atoms with Crippen LogP contribution in [-0.4, -0.2) is 42.4 Å². The van der Waals surface area contributed by atoms with Crippen LogP contribution in [0, 0.1) is 18.2 Å². The number of aromatic nitrogens is 3. The van der Waals surface area contributed by atoms with Gasteiger partial charge < -0.3 is 15.3 Å². The first kappa shape index (κ1) is 21.6. The Morgan fingerprint density at radius 2 is 2.19 bits per heavy atom. The van der Waals surface area contributed by atoms with Crippen molar-refractivity contribution < 1.29 is 23.1 Å². The summed E-state index contributed by atoms with van der Waals surface area (Å²) < 4.78 is 45.2. The monoisotopic (exact) mass is 497 g/mol. The van der Waals surface area contributed by atoms with Gasteiger partial charge in [-0.1, -0.05) is 5.92 Å². The number of nitrogens with one attached hydrogen (secondary N) is 1. The number of carbonyl (C=O) groups is 1. The van der Waals surface area contributed by atoms with Gasteiger partial charge in [-0.15, -0.1) is 6.42 Å². The first-order chi connectivity index (χ1) is 14.5.